The maximum absolute atomic E-state index is 12.5. The van der Waals surface area contributed by atoms with E-state index >= 15 is 0 Å². The summed E-state index contributed by atoms with van der Waals surface area (Å²) in [5, 5.41) is 0.965. The third-order valence-electron chi connectivity index (χ3n) is 3.55. The second-order valence-corrected chi connectivity index (χ2v) is 5.78. The summed E-state index contributed by atoms with van der Waals surface area (Å²) in [5.41, 5.74) is 1.66. The van der Waals surface area contributed by atoms with Crippen molar-refractivity contribution < 1.29 is 9.21 Å². The molecule has 0 atom stereocenters. The van der Waals surface area contributed by atoms with Crippen molar-refractivity contribution in [1.29, 1.82) is 0 Å². The number of fused-ring (bicyclic) bond motifs is 1. The van der Waals surface area contributed by atoms with Crippen LogP contribution in [0.4, 0.5) is 0 Å². The monoisotopic (exact) mass is 318 g/mol. The Balaban J connectivity index is 1.97. The summed E-state index contributed by atoms with van der Waals surface area (Å²) >= 11 is 3.45. The Kier molecular flexibility index (Phi) is 3.56. The van der Waals surface area contributed by atoms with Gasteiger partial charge in [-0.15, -0.1) is 0 Å². The van der Waals surface area contributed by atoms with E-state index in [1.165, 1.54) is 12.8 Å². The first-order valence-electron chi connectivity index (χ1n) is 6.67. The molecule has 0 saturated heterocycles. The standard InChI is InChI=1S/C16H15BrO2/c17-13-9-5-8-12-10-14(19-16(12)13)15(18)11-6-3-1-2-4-7-11/h5-6,8-10H,1-4,7H2. The van der Waals surface area contributed by atoms with Crippen molar-refractivity contribution in [3.05, 3.63) is 46.1 Å². The van der Waals surface area contributed by atoms with Crippen LogP contribution >= 0.6 is 15.9 Å². The Labute approximate surface area is 120 Å². The summed E-state index contributed by atoms with van der Waals surface area (Å²) in [4.78, 5) is 12.5. The Bertz CT molecular complexity index is 652. The molecule has 0 bridgehead atoms. The summed E-state index contributed by atoms with van der Waals surface area (Å²) in [6, 6.07) is 7.67. The van der Waals surface area contributed by atoms with E-state index in [4.69, 9.17) is 4.42 Å². The van der Waals surface area contributed by atoms with Gasteiger partial charge in [-0.25, -0.2) is 0 Å². The molecule has 0 spiro atoms. The summed E-state index contributed by atoms with van der Waals surface area (Å²) in [7, 11) is 0. The van der Waals surface area contributed by atoms with Crippen molar-refractivity contribution in [2.24, 2.45) is 0 Å². The van der Waals surface area contributed by atoms with Gasteiger partial charge in [0, 0.05) is 5.39 Å². The zero-order chi connectivity index (χ0) is 13.2. The third-order valence-corrected chi connectivity index (χ3v) is 4.18. The van der Waals surface area contributed by atoms with Crippen molar-refractivity contribution in [2.45, 2.75) is 32.1 Å². The highest BCUT2D eigenvalue weighted by Crippen LogP contribution is 2.29. The van der Waals surface area contributed by atoms with Crippen LogP contribution in [0.25, 0.3) is 11.0 Å². The summed E-state index contributed by atoms with van der Waals surface area (Å²) in [6.45, 7) is 0. The lowest BCUT2D eigenvalue weighted by atomic mass is 10.0. The van der Waals surface area contributed by atoms with Crippen molar-refractivity contribution in [3.63, 3.8) is 0 Å². The van der Waals surface area contributed by atoms with Crippen molar-refractivity contribution >= 4 is 32.7 Å². The molecule has 0 unspecified atom stereocenters. The number of rotatable bonds is 2. The van der Waals surface area contributed by atoms with Crippen LogP contribution in [0.15, 0.2) is 44.8 Å². The zero-order valence-electron chi connectivity index (χ0n) is 10.6. The largest absolute Gasteiger partial charge is 0.451 e. The summed E-state index contributed by atoms with van der Waals surface area (Å²) in [5.74, 6) is 0.500. The molecule has 0 aliphatic heterocycles. The number of furan rings is 1. The number of allylic oxidation sites excluding steroid dienone is 2. The second kappa shape index (κ2) is 5.33. The molecule has 0 N–H and O–H groups in total. The van der Waals surface area contributed by atoms with E-state index in [1.807, 2.05) is 24.3 Å². The highest BCUT2D eigenvalue weighted by Gasteiger charge is 2.18. The SMILES string of the molecule is O=C(C1=CCCCCC1)c1cc2cccc(Br)c2o1. The Morgan fingerprint density at radius 1 is 1.21 bits per heavy atom. The summed E-state index contributed by atoms with van der Waals surface area (Å²) in [6.07, 6.45) is 7.45. The quantitative estimate of drug-likeness (QED) is 0.706. The number of ketones is 1. The molecular weight excluding hydrogens is 304 g/mol. The van der Waals surface area contributed by atoms with Gasteiger partial charge in [-0.2, -0.15) is 0 Å². The Morgan fingerprint density at radius 2 is 2.11 bits per heavy atom. The van der Waals surface area contributed by atoms with Crippen LogP contribution < -0.4 is 0 Å². The molecular formula is C16H15BrO2. The molecule has 1 aromatic heterocycles. The first kappa shape index (κ1) is 12.7. The van der Waals surface area contributed by atoms with E-state index in [1.54, 1.807) is 0 Å². The first-order valence-corrected chi connectivity index (χ1v) is 7.47. The van der Waals surface area contributed by atoms with E-state index in [9.17, 15) is 4.79 Å². The number of hydrogen-bond acceptors (Lipinski definition) is 2. The van der Waals surface area contributed by atoms with Gasteiger partial charge in [0.1, 0.15) is 5.58 Å². The molecule has 1 heterocycles. The number of benzene rings is 1. The number of carbonyl (C=O) groups is 1. The normalized spacial score (nSPS) is 16.2. The summed E-state index contributed by atoms with van der Waals surface area (Å²) < 4.78 is 6.61. The number of Topliss-reactive ketones (excluding diaryl/α,β-unsaturated/α-hetero) is 1. The minimum Gasteiger partial charge on any atom is -0.451 e. The second-order valence-electron chi connectivity index (χ2n) is 4.93. The molecule has 1 aromatic carbocycles. The van der Waals surface area contributed by atoms with Crippen molar-refractivity contribution in [2.75, 3.05) is 0 Å². The predicted octanol–water partition coefficient (Wildman–Crippen LogP) is 5.27. The van der Waals surface area contributed by atoms with Crippen LogP contribution in [-0.4, -0.2) is 5.78 Å². The lowest BCUT2D eigenvalue weighted by molar-refractivity contribution is 0.100. The van der Waals surface area contributed by atoms with Crippen LogP contribution in [0.3, 0.4) is 0 Å². The molecule has 3 heteroatoms. The van der Waals surface area contributed by atoms with Gasteiger partial charge in [-0.3, -0.25) is 4.79 Å². The molecule has 1 aliphatic rings. The van der Waals surface area contributed by atoms with Crippen LogP contribution in [0.5, 0.6) is 0 Å². The van der Waals surface area contributed by atoms with Gasteiger partial charge in [0.15, 0.2) is 5.76 Å². The maximum Gasteiger partial charge on any atom is 0.223 e. The van der Waals surface area contributed by atoms with Crippen LogP contribution in [0.2, 0.25) is 0 Å². The fourth-order valence-electron chi connectivity index (χ4n) is 2.52. The predicted molar refractivity (Wildman–Crippen MR) is 79.4 cm³/mol. The molecule has 0 fully saturated rings. The molecule has 3 rings (SSSR count). The van der Waals surface area contributed by atoms with E-state index in [0.29, 0.717) is 5.76 Å². The lowest BCUT2D eigenvalue weighted by Crippen LogP contribution is -2.01. The highest BCUT2D eigenvalue weighted by atomic mass is 79.9. The fraction of sp³-hybridized carbons (Fsp3) is 0.312. The topological polar surface area (TPSA) is 30.2 Å². The smallest absolute Gasteiger partial charge is 0.223 e. The van der Waals surface area contributed by atoms with Crippen LogP contribution in [0.1, 0.15) is 42.7 Å². The van der Waals surface area contributed by atoms with Gasteiger partial charge in [-0.05, 0) is 59.3 Å². The van der Waals surface area contributed by atoms with Crippen LogP contribution in [-0.2, 0) is 0 Å². The Hall–Kier alpha value is -1.35. The average molecular weight is 319 g/mol. The van der Waals surface area contributed by atoms with E-state index in [-0.39, 0.29) is 5.78 Å². The molecule has 19 heavy (non-hydrogen) atoms. The molecule has 0 radical (unpaired) electrons. The van der Waals surface area contributed by atoms with Crippen molar-refractivity contribution in [3.8, 4) is 0 Å². The Morgan fingerprint density at radius 3 is 2.95 bits per heavy atom. The average Bonchev–Trinajstić information content (AvgIpc) is 2.67. The zero-order valence-corrected chi connectivity index (χ0v) is 12.2. The number of carbonyl (C=O) groups excluding carboxylic acids is 1. The number of hydrogen-bond donors (Lipinski definition) is 0. The molecule has 0 amide bonds. The van der Waals surface area contributed by atoms with Gasteiger partial charge >= 0.3 is 0 Å². The highest BCUT2D eigenvalue weighted by molar-refractivity contribution is 9.10. The van der Waals surface area contributed by atoms with Gasteiger partial charge < -0.3 is 4.42 Å². The van der Waals surface area contributed by atoms with Gasteiger partial charge in [-0.1, -0.05) is 24.6 Å². The van der Waals surface area contributed by atoms with Crippen LogP contribution in [0, 0.1) is 0 Å². The molecule has 2 aromatic rings. The van der Waals surface area contributed by atoms with Gasteiger partial charge in [0.2, 0.25) is 5.78 Å². The number of halogens is 1. The van der Waals surface area contributed by atoms with Gasteiger partial charge in [0.25, 0.3) is 0 Å². The molecule has 98 valence electrons. The van der Waals surface area contributed by atoms with Crippen molar-refractivity contribution in [1.82, 2.24) is 0 Å². The van der Waals surface area contributed by atoms with E-state index in [0.717, 1.165) is 40.3 Å². The minimum absolute atomic E-state index is 0.0463. The number of para-hydroxylation sites is 1. The fourth-order valence-corrected chi connectivity index (χ4v) is 2.98. The molecule has 0 saturated carbocycles. The van der Waals surface area contributed by atoms with Gasteiger partial charge in [0.05, 0.1) is 4.47 Å². The lowest BCUT2D eigenvalue weighted by Gasteiger charge is -2.00. The van der Waals surface area contributed by atoms with E-state index < -0.39 is 0 Å². The minimum atomic E-state index is 0.0463. The molecule has 2 nitrogen and oxygen atoms in total. The third kappa shape index (κ3) is 2.52. The van der Waals surface area contributed by atoms with E-state index in [2.05, 4.69) is 22.0 Å². The first-order chi connectivity index (χ1) is 9.25. The molecule has 1 aliphatic carbocycles. The maximum atomic E-state index is 12.5.